The van der Waals surface area contributed by atoms with Crippen LogP contribution in [0.4, 0.5) is 0 Å². The van der Waals surface area contributed by atoms with Crippen LogP contribution in [0.25, 0.3) is 21.9 Å². The molecule has 0 aromatic heterocycles. The van der Waals surface area contributed by atoms with Gasteiger partial charge in [-0.1, -0.05) is 128 Å². The van der Waals surface area contributed by atoms with Crippen molar-refractivity contribution in [2.75, 3.05) is 19.7 Å². The Balaban J connectivity index is 1.28. The lowest BCUT2D eigenvalue weighted by molar-refractivity contribution is -0.0907. The maximum atomic E-state index is 14.7. The molecule has 0 saturated heterocycles. The molecule has 5 atom stereocenters. The number of ketones is 1. The quantitative estimate of drug-likeness (QED) is 0.0846. The number of hydrogen-bond donors (Lipinski definition) is 4. The number of hydrogen-bond acceptors (Lipinski definition) is 6. The van der Waals surface area contributed by atoms with Crippen molar-refractivity contribution in [3.05, 3.63) is 155 Å². The van der Waals surface area contributed by atoms with Gasteiger partial charge in [0.1, 0.15) is 0 Å². The zero-order valence-electron chi connectivity index (χ0n) is 32.2. The van der Waals surface area contributed by atoms with Gasteiger partial charge in [-0.15, -0.1) is 0 Å². The summed E-state index contributed by atoms with van der Waals surface area (Å²) in [4.78, 5) is 16.8. The molecule has 5 aromatic rings. The highest BCUT2D eigenvalue weighted by atomic mass is 16.3. The van der Waals surface area contributed by atoms with E-state index in [2.05, 4.69) is 73.4 Å². The van der Waals surface area contributed by atoms with Crippen molar-refractivity contribution in [3.63, 3.8) is 0 Å². The van der Waals surface area contributed by atoms with Crippen LogP contribution in [0.2, 0.25) is 0 Å². The van der Waals surface area contributed by atoms with Crippen LogP contribution in [-0.2, 0) is 13.0 Å². The van der Waals surface area contributed by atoms with Crippen molar-refractivity contribution in [1.82, 2.24) is 4.90 Å². The minimum absolute atomic E-state index is 0.0600. The molecule has 1 fully saturated rings. The van der Waals surface area contributed by atoms with E-state index in [0.717, 1.165) is 51.4 Å². The van der Waals surface area contributed by atoms with Crippen LogP contribution in [0.5, 0.6) is 0 Å². The zero-order chi connectivity index (χ0) is 38.6. The van der Waals surface area contributed by atoms with E-state index >= 15 is 0 Å². The second-order valence-corrected chi connectivity index (χ2v) is 16.4. The van der Waals surface area contributed by atoms with Gasteiger partial charge in [-0.05, 0) is 102 Å². The van der Waals surface area contributed by atoms with Gasteiger partial charge in [0.05, 0.1) is 24.4 Å². The second-order valence-electron chi connectivity index (χ2n) is 16.4. The number of rotatable bonds is 10. The predicted octanol–water partition coefficient (Wildman–Crippen LogP) is 8.63. The fourth-order valence-electron chi connectivity index (χ4n) is 9.38. The molecule has 0 amide bonds. The molecule has 6 heteroatoms. The molecule has 4 N–H and O–H groups in total. The smallest absolute Gasteiger partial charge is 0.193 e. The average molecular weight is 738 g/mol. The Bertz CT molecular complexity index is 2120. The van der Waals surface area contributed by atoms with Gasteiger partial charge in [0.25, 0.3) is 0 Å². The molecular formula is C49H55NO5. The lowest BCUT2D eigenvalue weighted by atomic mass is 9.64. The highest BCUT2D eigenvalue weighted by molar-refractivity contribution is 6.10. The van der Waals surface area contributed by atoms with E-state index in [1.54, 1.807) is 0 Å². The Kier molecular flexibility index (Phi) is 11.8. The Morgan fingerprint density at radius 3 is 2.38 bits per heavy atom. The summed E-state index contributed by atoms with van der Waals surface area (Å²) in [5.74, 6) is -0.187. The van der Waals surface area contributed by atoms with Crippen LogP contribution in [0.3, 0.4) is 0 Å². The van der Waals surface area contributed by atoms with Crippen LogP contribution >= 0.6 is 0 Å². The van der Waals surface area contributed by atoms with Crippen molar-refractivity contribution in [1.29, 1.82) is 0 Å². The first kappa shape index (κ1) is 38.8. The number of aliphatic hydroxyl groups excluding tert-OH is 3. The number of nitrogens with zero attached hydrogens (tertiary/aromatic N) is 1. The van der Waals surface area contributed by atoms with Gasteiger partial charge in [0.15, 0.2) is 5.78 Å². The third kappa shape index (κ3) is 8.40. The summed E-state index contributed by atoms with van der Waals surface area (Å²) in [6, 6.07) is 38.6. The zero-order valence-corrected chi connectivity index (χ0v) is 32.2. The number of aliphatic hydroxyl groups is 4. The predicted molar refractivity (Wildman–Crippen MR) is 221 cm³/mol. The monoisotopic (exact) mass is 737 g/mol. The highest BCUT2D eigenvalue weighted by Gasteiger charge is 2.57. The van der Waals surface area contributed by atoms with E-state index < -0.39 is 23.2 Å². The molecule has 5 aromatic carbocycles. The summed E-state index contributed by atoms with van der Waals surface area (Å²) >= 11 is 0. The molecule has 0 spiro atoms. The topological polar surface area (TPSA) is 101 Å². The first-order chi connectivity index (χ1) is 26.6. The highest BCUT2D eigenvalue weighted by Crippen LogP contribution is 2.59. The number of benzene rings is 5. The van der Waals surface area contributed by atoms with E-state index in [4.69, 9.17) is 0 Å². The molecule has 0 unspecified atom stereocenters. The van der Waals surface area contributed by atoms with Crippen molar-refractivity contribution < 1.29 is 25.2 Å². The number of allylic oxidation sites excluding steroid dienone is 2. The number of fused-ring (bicyclic) bond motifs is 9. The Morgan fingerprint density at radius 1 is 0.873 bits per heavy atom. The summed E-state index contributed by atoms with van der Waals surface area (Å²) in [6.45, 7) is 4.96. The largest absolute Gasteiger partial charge is 0.394 e. The molecule has 55 heavy (non-hydrogen) atoms. The van der Waals surface area contributed by atoms with Gasteiger partial charge in [0, 0.05) is 36.2 Å². The Morgan fingerprint density at radius 2 is 1.60 bits per heavy atom. The molecule has 1 saturated carbocycles. The first-order valence-corrected chi connectivity index (χ1v) is 19.9. The maximum Gasteiger partial charge on any atom is 0.193 e. The Hall–Kier alpha value is -4.43. The molecule has 0 aliphatic heterocycles. The summed E-state index contributed by atoms with van der Waals surface area (Å²) in [5.41, 5.74) is 5.75. The van der Waals surface area contributed by atoms with Gasteiger partial charge in [-0.2, -0.15) is 0 Å². The molecule has 2 bridgehead atoms. The van der Waals surface area contributed by atoms with Crippen LogP contribution in [0.1, 0.15) is 90.9 Å². The maximum absolute atomic E-state index is 14.7. The lowest BCUT2D eigenvalue weighted by Crippen LogP contribution is -2.53. The van der Waals surface area contributed by atoms with E-state index in [1.807, 2.05) is 66.7 Å². The fourth-order valence-corrected chi connectivity index (χ4v) is 9.38. The van der Waals surface area contributed by atoms with E-state index in [1.165, 1.54) is 5.57 Å². The van der Waals surface area contributed by atoms with Crippen LogP contribution in [-0.4, -0.2) is 68.6 Å². The normalized spacial score (nSPS) is 23.7. The van der Waals surface area contributed by atoms with Gasteiger partial charge >= 0.3 is 0 Å². The molecule has 3 aliphatic carbocycles. The molecule has 6 nitrogen and oxygen atoms in total. The molecule has 8 rings (SSSR count). The van der Waals surface area contributed by atoms with Crippen LogP contribution < -0.4 is 0 Å². The average Bonchev–Trinajstić information content (AvgIpc) is 3.45. The van der Waals surface area contributed by atoms with Crippen LogP contribution in [0, 0.1) is 5.41 Å². The van der Waals surface area contributed by atoms with Crippen LogP contribution in [0.15, 0.2) is 127 Å². The van der Waals surface area contributed by atoms with Gasteiger partial charge in [-0.3, -0.25) is 9.69 Å². The first-order valence-electron chi connectivity index (χ1n) is 19.9. The molecular weight excluding hydrogens is 683 g/mol. The SMILES string of the molecule is CC1=CCC[C@@]2(C)[C@@H](CC[C@@]2(O)CN(Cc2cccc3ccccc23)C[C@H](O)CO)c2ccc(cc2C(=O)c2ccc(-c3ccccc3)cc2)C[C@@H](O)CC1. The van der Waals surface area contributed by atoms with E-state index in [-0.39, 0.29) is 24.9 Å². The van der Waals surface area contributed by atoms with Gasteiger partial charge in [0.2, 0.25) is 0 Å². The van der Waals surface area contributed by atoms with Crippen molar-refractivity contribution >= 4 is 16.6 Å². The summed E-state index contributed by atoms with van der Waals surface area (Å²) < 4.78 is 0. The summed E-state index contributed by atoms with van der Waals surface area (Å²) in [7, 11) is 0. The molecule has 0 radical (unpaired) electrons. The Labute approximate surface area is 325 Å². The minimum Gasteiger partial charge on any atom is -0.394 e. The summed E-state index contributed by atoms with van der Waals surface area (Å²) in [6.07, 6.45) is 5.31. The standard InChI is InChI=1S/C49H55NO5/c1-34-10-9-26-48(2)46(25-27-49(48,55)33-50(31-42(53)32-51)30-40-15-8-14-38-13-6-7-16-43(38)40)44-24-18-35(28-41(52)23-17-34)29-45(44)47(54)39-21-19-37(20-22-39)36-11-4-3-5-12-36/h3-8,10-16,18-22,24,29,41-42,46,51-53,55H,9,17,23,25-28,30-33H2,1-2H3/t41-,42-,46-,48-,49+/m0/s1. The number of carbonyl (C=O) groups is 1. The fraction of sp³-hybridized carbons (Fsp3) is 0.367. The number of carbonyl (C=O) groups excluding carboxylic acids is 1. The summed E-state index contributed by atoms with van der Waals surface area (Å²) in [5, 5.41) is 47.2. The van der Waals surface area contributed by atoms with E-state index in [9.17, 15) is 25.2 Å². The van der Waals surface area contributed by atoms with Crippen molar-refractivity contribution in [2.24, 2.45) is 5.41 Å². The molecule has 0 heterocycles. The third-order valence-corrected chi connectivity index (χ3v) is 12.6. The van der Waals surface area contributed by atoms with Gasteiger partial charge in [-0.25, -0.2) is 0 Å². The van der Waals surface area contributed by atoms with E-state index in [0.29, 0.717) is 56.3 Å². The second kappa shape index (κ2) is 16.7. The third-order valence-electron chi connectivity index (χ3n) is 12.6. The molecule has 3 aliphatic rings. The minimum atomic E-state index is -1.16. The van der Waals surface area contributed by atoms with Crippen molar-refractivity contribution in [3.8, 4) is 11.1 Å². The lowest BCUT2D eigenvalue weighted by Gasteiger charge is -2.46. The van der Waals surface area contributed by atoms with Crippen molar-refractivity contribution in [2.45, 2.75) is 89.1 Å². The molecule has 286 valence electrons. The van der Waals surface area contributed by atoms with Gasteiger partial charge < -0.3 is 20.4 Å².